The van der Waals surface area contributed by atoms with Crippen LogP contribution in [0.25, 0.3) is 0 Å². The van der Waals surface area contributed by atoms with E-state index in [9.17, 15) is 29.3 Å². The molecule has 0 aromatic heterocycles. The monoisotopic (exact) mass is 525 g/mol. The molecule has 34 heavy (non-hydrogen) atoms. The molecule has 3 atom stereocenters. The molecule has 0 unspecified atom stereocenters. The SMILES string of the molecule is C[C@@H]1C=CC[C@@H]2C(=O)N(N(CC(=O)c3ccc(Br)cc3)C(=O)c3ccccc3[N+](=O)[O-])C(=O)[C@H]12. The molecule has 0 saturated carbocycles. The Balaban J connectivity index is 1.76. The predicted molar refractivity (Wildman–Crippen MR) is 124 cm³/mol. The van der Waals surface area contributed by atoms with Crippen molar-refractivity contribution in [2.75, 3.05) is 6.54 Å². The van der Waals surface area contributed by atoms with Gasteiger partial charge in [0.05, 0.1) is 16.8 Å². The molecule has 2 aliphatic rings. The first kappa shape index (κ1) is 23.5. The van der Waals surface area contributed by atoms with Gasteiger partial charge in [0.25, 0.3) is 23.4 Å². The maximum atomic E-state index is 13.6. The lowest BCUT2D eigenvalue weighted by Crippen LogP contribution is -2.52. The van der Waals surface area contributed by atoms with Crippen LogP contribution in [-0.4, -0.2) is 45.0 Å². The van der Waals surface area contributed by atoms with E-state index in [0.717, 1.165) is 15.5 Å². The molecule has 1 heterocycles. The molecule has 1 aliphatic heterocycles. The number of allylic oxidation sites excluding steroid dienone is 2. The number of halogens is 1. The minimum absolute atomic E-state index is 0.231. The molecule has 9 nitrogen and oxygen atoms in total. The van der Waals surface area contributed by atoms with E-state index in [1.807, 2.05) is 19.1 Å². The molecular formula is C24H20BrN3O6. The second-order valence-electron chi connectivity index (χ2n) is 8.21. The number of Topliss-reactive ketones (excluding diaryl/α,β-unsaturated/α-hetero) is 1. The summed E-state index contributed by atoms with van der Waals surface area (Å²) in [5.74, 6) is -4.24. The zero-order valence-electron chi connectivity index (χ0n) is 18.1. The van der Waals surface area contributed by atoms with Crippen LogP contribution in [0.15, 0.2) is 65.2 Å². The van der Waals surface area contributed by atoms with Gasteiger partial charge in [-0.1, -0.05) is 59.3 Å². The highest BCUT2D eigenvalue weighted by molar-refractivity contribution is 9.10. The molecule has 1 fully saturated rings. The minimum Gasteiger partial charge on any atom is -0.292 e. The topological polar surface area (TPSA) is 118 Å². The van der Waals surface area contributed by atoms with Crippen LogP contribution in [0.3, 0.4) is 0 Å². The number of hydrogen-bond acceptors (Lipinski definition) is 6. The van der Waals surface area contributed by atoms with Crippen LogP contribution < -0.4 is 0 Å². The Hall–Kier alpha value is -3.66. The van der Waals surface area contributed by atoms with Gasteiger partial charge in [0.1, 0.15) is 12.1 Å². The maximum Gasteiger partial charge on any atom is 0.282 e. The molecule has 1 aliphatic carbocycles. The van der Waals surface area contributed by atoms with Gasteiger partial charge in [0, 0.05) is 16.1 Å². The Morgan fingerprint density at radius 3 is 2.44 bits per heavy atom. The summed E-state index contributed by atoms with van der Waals surface area (Å²) in [6.45, 7) is 1.18. The van der Waals surface area contributed by atoms with Gasteiger partial charge in [-0.05, 0) is 30.5 Å². The minimum atomic E-state index is -0.973. The Kier molecular flexibility index (Phi) is 6.43. The van der Waals surface area contributed by atoms with Crippen LogP contribution in [0, 0.1) is 27.9 Å². The molecule has 3 amide bonds. The lowest BCUT2D eigenvalue weighted by Gasteiger charge is -2.30. The Bertz CT molecular complexity index is 1230. The number of carbonyl (C=O) groups is 4. The predicted octanol–water partition coefficient (Wildman–Crippen LogP) is 3.79. The van der Waals surface area contributed by atoms with Crippen molar-refractivity contribution in [2.45, 2.75) is 13.3 Å². The summed E-state index contributed by atoms with van der Waals surface area (Å²) in [7, 11) is 0. The standard InChI is InChI=1S/C24H20BrN3O6/c1-14-5-4-7-18-21(14)24(32)27(23(18)31)26(13-20(29)15-9-11-16(25)12-10-15)22(30)17-6-2-3-8-19(17)28(33)34/h2-6,8-12,14,18,21H,7,13H2,1H3/t14-,18+,21-/m1/s1. The third kappa shape index (κ3) is 4.16. The smallest absolute Gasteiger partial charge is 0.282 e. The van der Waals surface area contributed by atoms with Crippen molar-refractivity contribution in [2.24, 2.45) is 17.8 Å². The number of nitro groups is 1. The van der Waals surface area contributed by atoms with E-state index in [1.165, 1.54) is 18.2 Å². The summed E-state index contributed by atoms with van der Waals surface area (Å²) < 4.78 is 0.743. The lowest BCUT2D eigenvalue weighted by atomic mass is 9.78. The molecule has 0 spiro atoms. The molecule has 1 saturated heterocycles. The number of fused-ring (bicyclic) bond motifs is 1. The van der Waals surface area contributed by atoms with E-state index in [4.69, 9.17) is 0 Å². The molecule has 0 radical (unpaired) electrons. The number of carbonyl (C=O) groups excluding carboxylic acids is 4. The first-order valence-electron chi connectivity index (χ1n) is 10.6. The third-order valence-electron chi connectivity index (χ3n) is 6.12. The second kappa shape index (κ2) is 9.30. The zero-order valence-corrected chi connectivity index (χ0v) is 19.7. The lowest BCUT2D eigenvalue weighted by molar-refractivity contribution is -0.385. The van der Waals surface area contributed by atoms with Gasteiger partial charge in [-0.3, -0.25) is 29.3 Å². The van der Waals surface area contributed by atoms with Crippen LogP contribution in [0.5, 0.6) is 0 Å². The molecule has 0 N–H and O–H groups in total. The third-order valence-corrected chi connectivity index (χ3v) is 6.64. The number of ketones is 1. The second-order valence-corrected chi connectivity index (χ2v) is 9.13. The van der Waals surface area contributed by atoms with Crippen LogP contribution in [-0.2, 0) is 9.59 Å². The number of hydrogen-bond donors (Lipinski definition) is 0. The fourth-order valence-electron chi connectivity index (χ4n) is 4.42. The van der Waals surface area contributed by atoms with E-state index in [0.29, 0.717) is 11.4 Å². The molecule has 10 heteroatoms. The largest absolute Gasteiger partial charge is 0.292 e. The van der Waals surface area contributed by atoms with Crippen molar-refractivity contribution in [3.05, 3.63) is 86.4 Å². The molecule has 2 aromatic carbocycles. The molecule has 174 valence electrons. The van der Waals surface area contributed by atoms with Crippen molar-refractivity contribution < 1.29 is 24.1 Å². The van der Waals surface area contributed by atoms with E-state index >= 15 is 0 Å². The number of nitrogens with zero attached hydrogens (tertiary/aromatic N) is 3. The number of rotatable bonds is 6. The molecule has 2 aromatic rings. The van der Waals surface area contributed by atoms with Crippen molar-refractivity contribution in [3.8, 4) is 0 Å². The Morgan fingerprint density at radius 2 is 1.79 bits per heavy atom. The zero-order chi connectivity index (χ0) is 24.6. The van der Waals surface area contributed by atoms with Crippen molar-refractivity contribution >= 4 is 45.1 Å². The van der Waals surface area contributed by atoms with Gasteiger partial charge in [-0.25, -0.2) is 5.01 Å². The van der Waals surface area contributed by atoms with E-state index < -0.39 is 52.5 Å². The van der Waals surface area contributed by atoms with Crippen LogP contribution in [0.4, 0.5) is 5.69 Å². The summed E-state index contributed by atoms with van der Waals surface area (Å²) in [5.41, 5.74) is -0.548. The summed E-state index contributed by atoms with van der Waals surface area (Å²) in [4.78, 5) is 64.1. The summed E-state index contributed by atoms with van der Waals surface area (Å²) in [6.07, 6.45) is 4.00. The number of imide groups is 1. The van der Waals surface area contributed by atoms with E-state index in [2.05, 4.69) is 15.9 Å². The van der Waals surface area contributed by atoms with Crippen LogP contribution >= 0.6 is 15.9 Å². The van der Waals surface area contributed by atoms with E-state index in [1.54, 1.807) is 24.3 Å². The quantitative estimate of drug-likeness (QED) is 0.186. The number of nitro benzene ring substituents is 1. The van der Waals surface area contributed by atoms with Crippen LogP contribution in [0.2, 0.25) is 0 Å². The Labute approximate surface area is 203 Å². The summed E-state index contributed by atoms with van der Waals surface area (Å²) >= 11 is 3.29. The maximum absolute atomic E-state index is 13.6. The first-order valence-corrected chi connectivity index (χ1v) is 11.4. The van der Waals surface area contributed by atoms with Crippen molar-refractivity contribution in [3.63, 3.8) is 0 Å². The molecular weight excluding hydrogens is 506 g/mol. The summed E-state index contributed by atoms with van der Waals surface area (Å²) in [5, 5.41) is 13.0. The first-order chi connectivity index (χ1) is 16.2. The average molecular weight is 526 g/mol. The number of para-hydroxylation sites is 1. The van der Waals surface area contributed by atoms with E-state index in [-0.39, 0.29) is 17.0 Å². The number of benzene rings is 2. The van der Waals surface area contributed by atoms with Gasteiger partial charge >= 0.3 is 0 Å². The molecule has 0 bridgehead atoms. The van der Waals surface area contributed by atoms with Gasteiger partial charge in [0.15, 0.2) is 5.78 Å². The van der Waals surface area contributed by atoms with Crippen molar-refractivity contribution in [1.82, 2.24) is 10.0 Å². The van der Waals surface area contributed by atoms with Gasteiger partial charge < -0.3 is 0 Å². The highest BCUT2D eigenvalue weighted by Gasteiger charge is 2.53. The van der Waals surface area contributed by atoms with Gasteiger partial charge in [-0.2, -0.15) is 5.01 Å². The normalized spacial score (nSPS) is 21.4. The van der Waals surface area contributed by atoms with Crippen LogP contribution in [0.1, 0.15) is 34.1 Å². The number of amides is 3. The fourth-order valence-corrected chi connectivity index (χ4v) is 4.68. The summed E-state index contributed by atoms with van der Waals surface area (Å²) in [6, 6.07) is 11.6. The highest BCUT2D eigenvalue weighted by Crippen LogP contribution is 2.39. The van der Waals surface area contributed by atoms with Gasteiger partial charge in [-0.15, -0.1) is 0 Å². The van der Waals surface area contributed by atoms with Gasteiger partial charge in [0.2, 0.25) is 0 Å². The number of hydrazine groups is 1. The fraction of sp³-hybridized carbons (Fsp3) is 0.250. The average Bonchev–Trinajstić information content (AvgIpc) is 3.08. The van der Waals surface area contributed by atoms with Crippen molar-refractivity contribution in [1.29, 1.82) is 0 Å². The highest BCUT2D eigenvalue weighted by atomic mass is 79.9. The molecule has 4 rings (SSSR count). The Morgan fingerprint density at radius 1 is 1.12 bits per heavy atom.